The smallest absolute Gasteiger partial charge is 0.0473 e. The Morgan fingerprint density at radius 1 is 1.38 bits per heavy atom. The lowest BCUT2D eigenvalue weighted by atomic mass is 9.92. The number of likely N-dealkylation sites (tertiary alicyclic amines) is 2. The molecule has 2 aliphatic rings. The Bertz CT molecular complexity index is 241. The van der Waals surface area contributed by atoms with Gasteiger partial charge in [0.05, 0.1) is 0 Å². The highest BCUT2D eigenvalue weighted by molar-refractivity contribution is 5.03. The predicted octanol–water partition coefficient (Wildman–Crippen LogP) is 1.14. The molecule has 0 saturated carbocycles. The Morgan fingerprint density at radius 3 is 2.62 bits per heavy atom. The Hall–Kier alpha value is -0.120. The molecule has 0 aromatic carbocycles. The maximum atomic E-state index is 6.10. The molecule has 0 aromatic heterocycles. The zero-order valence-electron chi connectivity index (χ0n) is 11.1. The zero-order chi connectivity index (χ0) is 11.8. The van der Waals surface area contributed by atoms with Gasteiger partial charge in [-0.25, -0.2) is 0 Å². The van der Waals surface area contributed by atoms with Crippen LogP contribution >= 0.6 is 0 Å². The van der Waals surface area contributed by atoms with Crippen molar-refractivity contribution in [3.63, 3.8) is 0 Å². The first-order chi connectivity index (χ1) is 7.59. The van der Waals surface area contributed by atoms with Crippen LogP contribution in [-0.4, -0.2) is 54.6 Å². The highest BCUT2D eigenvalue weighted by Gasteiger charge is 2.45. The van der Waals surface area contributed by atoms with E-state index in [0.29, 0.717) is 0 Å². The van der Waals surface area contributed by atoms with Crippen molar-refractivity contribution >= 4 is 0 Å². The molecule has 3 heteroatoms. The minimum Gasteiger partial charge on any atom is -0.329 e. The van der Waals surface area contributed by atoms with Crippen molar-refractivity contribution in [3.8, 4) is 0 Å². The average molecular weight is 225 g/mol. The molecule has 2 N–H and O–H groups in total. The SMILES string of the molecule is CC(C)C1CCCN1C1(CN)CCN(C)C1. The highest BCUT2D eigenvalue weighted by Crippen LogP contribution is 2.35. The predicted molar refractivity (Wildman–Crippen MR) is 68.5 cm³/mol. The summed E-state index contributed by atoms with van der Waals surface area (Å²) in [5.41, 5.74) is 6.38. The summed E-state index contributed by atoms with van der Waals surface area (Å²) in [6.45, 7) is 9.15. The van der Waals surface area contributed by atoms with Gasteiger partial charge >= 0.3 is 0 Å². The van der Waals surface area contributed by atoms with Gasteiger partial charge < -0.3 is 10.6 Å². The summed E-state index contributed by atoms with van der Waals surface area (Å²) >= 11 is 0. The van der Waals surface area contributed by atoms with Gasteiger partial charge in [-0.2, -0.15) is 0 Å². The fourth-order valence-electron chi connectivity index (χ4n) is 3.65. The van der Waals surface area contributed by atoms with Gasteiger partial charge in [0.1, 0.15) is 0 Å². The summed E-state index contributed by atoms with van der Waals surface area (Å²) in [5, 5.41) is 0. The second-order valence-electron chi connectivity index (χ2n) is 6.06. The number of likely N-dealkylation sites (N-methyl/N-ethyl adjacent to an activating group) is 1. The van der Waals surface area contributed by atoms with Crippen molar-refractivity contribution in [2.75, 3.05) is 33.2 Å². The summed E-state index contributed by atoms with van der Waals surface area (Å²) in [5.74, 6) is 0.761. The Balaban J connectivity index is 2.14. The quantitative estimate of drug-likeness (QED) is 0.782. The molecule has 2 aliphatic heterocycles. The molecule has 0 amide bonds. The minimum absolute atomic E-state index is 0.278. The molecule has 0 aliphatic carbocycles. The first-order valence-electron chi connectivity index (χ1n) is 6.74. The van der Waals surface area contributed by atoms with E-state index < -0.39 is 0 Å². The van der Waals surface area contributed by atoms with Crippen LogP contribution in [0.2, 0.25) is 0 Å². The molecule has 16 heavy (non-hydrogen) atoms. The van der Waals surface area contributed by atoms with Crippen LogP contribution in [0.3, 0.4) is 0 Å². The number of hydrogen-bond acceptors (Lipinski definition) is 3. The Morgan fingerprint density at radius 2 is 2.12 bits per heavy atom. The average Bonchev–Trinajstić information content (AvgIpc) is 2.84. The van der Waals surface area contributed by atoms with Crippen molar-refractivity contribution in [1.29, 1.82) is 0 Å². The topological polar surface area (TPSA) is 32.5 Å². The minimum atomic E-state index is 0.278. The molecule has 2 fully saturated rings. The normalized spacial score (nSPS) is 37.7. The molecular formula is C13H27N3. The van der Waals surface area contributed by atoms with E-state index in [1.54, 1.807) is 0 Å². The second kappa shape index (κ2) is 4.63. The van der Waals surface area contributed by atoms with Crippen molar-refractivity contribution in [2.24, 2.45) is 11.7 Å². The van der Waals surface area contributed by atoms with E-state index >= 15 is 0 Å². The second-order valence-corrected chi connectivity index (χ2v) is 6.06. The van der Waals surface area contributed by atoms with Gasteiger partial charge in [0, 0.05) is 24.7 Å². The van der Waals surface area contributed by atoms with E-state index in [9.17, 15) is 0 Å². The van der Waals surface area contributed by atoms with Gasteiger partial charge in [0.15, 0.2) is 0 Å². The molecular weight excluding hydrogens is 198 g/mol. The molecule has 0 bridgehead atoms. The third kappa shape index (κ3) is 2.01. The first-order valence-corrected chi connectivity index (χ1v) is 6.74. The zero-order valence-corrected chi connectivity index (χ0v) is 11.1. The standard InChI is InChI=1S/C13H27N3/c1-11(2)12-5-4-7-16(12)13(9-14)6-8-15(3)10-13/h11-12H,4-10,14H2,1-3H3. The molecule has 2 rings (SSSR count). The summed E-state index contributed by atoms with van der Waals surface area (Å²) in [4.78, 5) is 5.17. The van der Waals surface area contributed by atoms with E-state index in [1.807, 2.05) is 0 Å². The summed E-state index contributed by atoms with van der Waals surface area (Å²) in [6.07, 6.45) is 3.97. The molecule has 2 saturated heterocycles. The number of nitrogens with two attached hydrogens (primary N) is 1. The largest absolute Gasteiger partial charge is 0.329 e. The molecule has 2 atom stereocenters. The number of rotatable bonds is 3. The Labute approximate surface area is 100.0 Å². The monoisotopic (exact) mass is 225 g/mol. The Kier molecular flexibility index (Phi) is 3.57. The van der Waals surface area contributed by atoms with E-state index in [2.05, 4.69) is 30.7 Å². The summed E-state index contributed by atoms with van der Waals surface area (Å²) in [7, 11) is 2.22. The van der Waals surface area contributed by atoms with E-state index in [1.165, 1.54) is 32.4 Å². The van der Waals surface area contributed by atoms with Gasteiger partial charge in [-0.1, -0.05) is 13.8 Å². The molecule has 2 heterocycles. The molecule has 2 unspecified atom stereocenters. The van der Waals surface area contributed by atoms with Crippen LogP contribution in [0.15, 0.2) is 0 Å². The van der Waals surface area contributed by atoms with Crippen LogP contribution in [0.25, 0.3) is 0 Å². The lowest BCUT2D eigenvalue weighted by Crippen LogP contribution is -2.58. The van der Waals surface area contributed by atoms with Crippen molar-refractivity contribution in [3.05, 3.63) is 0 Å². The van der Waals surface area contributed by atoms with Crippen LogP contribution in [0, 0.1) is 5.92 Å². The third-order valence-electron chi connectivity index (χ3n) is 4.58. The highest BCUT2D eigenvalue weighted by atomic mass is 15.3. The molecule has 0 spiro atoms. The van der Waals surface area contributed by atoms with E-state index in [4.69, 9.17) is 5.73 Å². The fourth-order valence-corrected chi connectivity index (χ4v) is 3.65. The number of nitrogens with zero attached hydrogens (tertiary/aromatic N) is 2. The van der Waals surface area contributed by atoms with Gasteiger partial charge in [-0.3, -0.25) is 4.90 Å². The first kappa shape index (κ1) is 12.3. The van der Waals surface area contributed by atoms with E-state index in [-0.39, 0.29) is 5.54 Å². The van der Waals surface area contributed by atoms with Crippen molar-refractivity contribution < 1.29 is 0 Å². The molecule has 0 radical (unpaired) electrons. The van der Waals surface area contributed by atoms with Gasteiger partial charge in [-0.15, -0.1) is 0 Å². The lowest BCUT2D eigenvalue weighted by Gasteiger charge is -2.43. The molecule has 3 nitrogen and oxygen atoms in total. The van der Waals surface area contributed by atoms with Crippen LogP contribution in [0.1, 0.15) is 33.1 Å². The summed E-state index contributed by atoms with van der Waals surface area (Å²) < 4.78 is 0. The molecule has 0 aromatic rings. The van der Waals surface area contributed by atoms with Crippen LogP contribution in [0.4, 0.5) is 0 Å². The maximum Gasteiger partial charge on any atom is 0.0473 e. The van der Waals surface area contributed by atoms with Crippen LogP contribution < -0.4 is 5.73 Å². The van der Waals surface area contributed by atoms with Gasteiger partial charge in [0.25, 0.3) is 0 Å². The van der Waals surface area contributed by atoms with Crippen molar-refractivity contribution in [2.45, 2.75) is 44.7 Å². The van der Waals surface area contributed by atoms with Crippen LogP contribution in [-0.2, 0) is 0 Å². The van der Waals surface area contributed by atoms with Crippen molar-refractivity contribution in [1.82, 2.24) is 9.80 Å². The van der Waals surface area contributed by atoms with E-state index in [0.717, 1.165) is 25.0 Å². The lowest BCUT2D eigenvalue weighted by molar-refractivity contribution is 0.0672. The number of hydrogen-bond donors (Lipinski definition) is 1. The third-order valence-corrected chi connectivity index (χ3v) is 4.58. The van der Waals surface area contributed by atoms with Gasteiger partial charge in [-0.05, 0) is 45.3 Å². The summed E-state index contributed by atoms with van der Waals surface area (Å²) in [6, 6.07) is 0.759. The van der Waals surface area contributed by atoms with Gasteiger partial charge in [0.2, 0.25) is 0 Å². The fraction of sp³-hybridized carbons (Fsp3) is 1.00. The van der Waals surface area contributed by atoms with Crippen LogP contribution in [0.5, 0.6) is 0 Å². The molecule has 94 valence electrons. The maximum absolute atomic E-state index is 6.10.